The van der Waals surface area contributed by atoms with Gasteiger partial charge in [0.05, 0.1) is 24.3 Å². The van der Waals surface area contributed by atoms with Crippen LogP contribution in [0.4, 0.5) is 11.4 Å². The van der Waals surface area contributed by atoms with Crippen LogP contribution in [-0.4, -0.2) is 20.1 Å². The number of carbonyl (C=O) groups excluding carboxylic acids is 1. The van der Waals surface area contributed by atoms with Crippen LogP contribution in [0.3, 0.4) is 0 Å². The Morgan fingerprint density at radius 3 is 2.48 bits per heavy atom. The fraction of sp³-hybridized carbons (Fsp3) is 0.125. The molecule has 0 spiro atoms. The number of nitrogen functional groups attached to an aromatic ring is 1. The predicted octanol–water partition coefficient (Wildman–Crippen LogP) is 2.43. The van der Waals surface area contributed by atoms with Crippen molar-refractivity contribution in [3.05, 3.63) is 53.6 Å². The second-order valence-electron chi connectivity index (χ2n) is 4.48. The summed E-state index contributed by atoms with van der Waals surface area (Å²) < 4.78 is 5.20. The largest absolute Gasteiger partial charge is 0.496 e. The molecule has 21 heavy (non-hydrogen) atoms. The van der Waals surface area contributed by atoms with Gasteiger partial charge in [0.1, 0.15) is 5.75 Å². The molecular weight excluding hydrogens is 266 g/mol. The fourth-order valence-corrected chi connectivity index (χ4v) is 1.94. The monoisotopic (exact) mass is 281 g/mol. The number of methoxy groups -OCH3 is 1. The third-order valence-corrected chi connectivity index (χ3v) is 3.14. The number of anilines is 2. The molecular formula is C16H15N3O2. The lowest BCUT2D eigenvalue weighted by Gasteiger charge is -2.19. The van der Waals surface area contributed by atoms with Crippen molar-refractivity contribution in [2.24, 2.45) is 0 Å². The van der Waals surface area contributed by atoms with Crippen LogP contribution in [0.5, 0.6) is 5.75 Å². The van der Waals surface area contributed by atoms with E-state index in [0.717, 1.165) is 0 Å². The van der Waals surface area contributed by atoms with Crippen LogP contribution in [-0.2, 0) is 0 Å². The van der Waals surface area contributed by atoms with E-state index in [1.807, 2.05) is 6.07 Å². The first-order chi connectivity index (χ1) is 10.1. The van der Waals surface area contributed by atoms with Crippen LogP contribution in [0.2, 0.25) is 0 Å². The first-order valence-corrected chi connectivity index (χ1v) is 6.28. The molecule has 106 valence electrons. The quantitative estimate of drug-likeness (QED) is 0.876. The van der Waals surface area contributed by atoms with E-state index in [9.17, 15) is 4.79 Å². The van der Waals surface area contributed by atoms with E-state index in [1.165, 1.54) is 12.0 Å². The Morgan fingerprint density at radius 2 is 1.90 bits per heavy atom. The molecule has 5 nitrogen and oxygen atoms in total. The van der Waals surface area contributed by atoms with Gasteiger partial charge in [-0.1, -0.05) is 0 Å². The van der Waals surface area contributed by atoms with E-state index >= 15 is 0 Å². The number of nitrogens with zero attached hydrogens (tertiary/aromatic N) is 2. The number of hydrogen-bond acceptors (Lipinski definition) is 4. The third-order valence-electron chi connectivity index (χ3n) is 3.14. The number of nitrogens with two attached hydrogens (primary N) is 1. The highest BCUT2D eigenvalue weighted by Crippen LogP contribution is 2.25. The summed E-state index contributed by atoms with van der Waals surface area (Å²) in [7, 11) is 3.16. The van der Waals surface area contributed by atoms with Crippen molar-refractivity contribution in [1.29, 1.82) is 5.26 Å². The van der Waals surface area contributed by atoms with Gasteiger partial charge in [-0.15, -0.1) is 0 Å². The Hall–Kier alpha value is -3.00. The minimum Gasteiger partial charge on any atom is -0.496 e. The van der Waals surface area contributed by atoms with Gasteiger partial charge in [0.2, 0.25) is 0 Å². The summed E-state index contributed by atoms with van der Waals surface area (Å²) in [5.74, 6) is 0.219. The maximum Gasteiger partial charge on any atom is 0.261 e. The number of nitriles is 1. The summed E-state index contributed by atoms with van der Waals surface area (Å²) in [6, 6.07) is 13.7. The number of benzene rings is 2. The number of carbonyl (C=O) groups is 1. The molecule has 0 saturated carbocycles. The van der Waals surface area contributed by atoms with Gasteiger partial charge in [-0.25, -0.2) is 0 Å². The number of amides is 1. The van der Waals surface area contributed by atoms with Gasteiger partial charge in [0.25, 0.3) is 5.91 Å². The van der Waals surface area contributed by atoms with Crippen LogP contribution in [0.1, 0.15) is 15.9 Å². The molecule has 2 rings (SSSR count). The second-order valence-corrected chi connectivity index (χ2v) is 4.48. The van der Waals surface area contributed by atoms with Gasteiger partial charge in [0, 0.05) is 24.5 Å². The molecule has 0 aromatic heterocycles. The Labute approximate surface area is 123 Å². The molecule has 0 fully saturated rings. The van der Waals surface area contributed by atoms with E-state index in [1.54, 1.807) is 49.5 Å². The van der Waals surface area contributed by atoms with Crippen molar-refractivity contribution in [3.63, 3.8) is 0 Å². The molecule has 0 aliphatic rings. The molecule has 2 aromatic rings. The minimum atomic E-state index is -0.212. The van der Waals surface area contributed by atoms with E-state index in [2.05, 4.69) is 0 Å². The molecule has 0 saturated heterocycles. The van der Waals surface area contributed by atoms with E-state index < -0.39 is 0 Å². The van der Waals surface area contributed by atoms with Crippen molar-refractivity contribution >= 4 is 17.3 Å². The maximum absolute atomic E-state index is 12.5. The highest BCUT2D eigenvalue weighted by atomic mass is 16.5. The lowest BCUT2D eigenvalue weighted by atomic mass is 10.1. The van der Waals surface area contributed by atoms with Gasteiger partial charge in [-0.3, -0.25) is 4.79 Å². The van der Waals surface area contributed by atoms with Crippen molar-refractivity contribution in [3.8, 4) is 11.8 Å². The first kappa shape index (κ1) is 14.4. The number of hydrogen-bond donors (Lipinski definition) is 1. The summed E-state index contributed by atoms with van der Waals surface area (Å²) in [5, 5.41) is 8.79. The summed E-state index contributed by atoms with van der Waals surface area (Å²) in [6.45, 7) is 0. The lowest BCUT2D eigenvalue weighted by Crippen LogP contribution is -2.26. The average molecular weight is 281 g/mol. The summed E-state index contributed by atoms with van der Waals surface area (Å²) in [5.41, 5.74) is 7.89. The Balaban J connectivity index is 2.32. The fourth-order valence-electron chi connectivity index (χ4n) is 1.94. The highest BCUT2D eigenvalue weighted by molar-refractivity contribution is 6.07. The summed E-state index contributed by atoms with van der Waals surface area (Å²) in [4.78, 5) is 14.0. The van der Waals surface area contributed by atoms with E-state index in [-0.39, 0.29) is 5.91 Å². The van der Waals surface area contributed by atoms with Crippen LogP contribution < -0.4 is 15.4 Å². The smallest absolute Gasteiger partial charge is 0.261 e. The zero-order valence-electron chi connectivity index (χ0n) is 11.8. The van der Waals surface area contributed by atoms with Crippen molar-refractivity contribution in [2.75, 3.05) is 24.8 Å². The zero-order chi connectivity index (χ0) is 15.4. The molecule has 0 radical (unpaired) electrons. The van der Waals surface area contributed by atoms with Crippen LogP contribution in [0.15, 0.2) is 42.5 Å². The molecule has 0 aliphatic heterocycles. The summed E-state index contributed by atoms with van der Waals surface area (Å²) >= 11 is 0. The van der Waals surface area contributed by atoms with Crippen LogP contribution in [0.25, 0.3) is 0 Å². The molecule has 0 unspecified atom stereocenters. The Kier molecular flexibility index (Phi) is 4.10. The average Bonchev–Trinajstić information content (AvgIpc) is 2.53. The highest BCUT2D eigenvalue weighted by Gasteiger charge is 2.18. The van der Waals surface area contributed by atoms with Gasteiger partial charge in [-0.05, 0) is 36.4 Å². The summed E-state index contributed by atoms with van der Waals surface area (Å²) in [6.07, 6.45) is 0. The van der Waals surface area contributed by atoms with E-state index in [4.69, 9.17) is 15.7 Å². The molecule has 0 heterocycles. The van der Waals surface area contributed by atoms with Gasteiger partial charge in [-0.2, -0.15) is 5.26 Å². The molecule has 0 bridgehead atoms. The Bertz CT molecular complexity index is 702. The molecule has 5 heteroatoms. The number of rotatable bonds is 3. The molecule has 0 atom stereocenters. The predicted molar refractivity (Wildman–Crippen MR) is 81.3 cm³/mol. The molecule has 0 aliphatic carbocycles. The van der Waals surface area contributed by atoms with Gasteiger partial charge < -0.3 is 15.4 Å². The molecule has 2 N–H and O–H groups in total. The molecule has 1 amide bonds. The van der Waals surface area contributed by atoms with Crippen LogP contribution >= 0.6 is 0 Å². The van der Waals surface area contributed by atoms with Gasteiger partial charge >= 0.3 is 0 Å². The standard InChI is InChI=1S/C16H15N3O2/c1-19(13-6-3-11(10-17)4-7-13)16(20)14-8-5-12(18)9-15(14)21-2/h3-9H,18H2,1-2H3. The van der Waals surface area contributed by atoms with Crippen LogP contribution in [0, 0.1) is 11.3 Å². The van der Waals surface area contributed by atoms with E-state index in [0.29, 0.717) is 28.3 Å². The number of ether oxygens (including phenoxy) is 1. The normalized spacial score (nSPS) is 9.76. The maximum atomic E-state index is 12.5. The zero-order valence-corrected chi connectivity index (χ0v) is 11.8. The SMILES string of the molecule is COc1cc(N)ccc1C(=O)N(C)c1ccc(C#N)cc1. The lowest BCUT2D eigenvalue weighted by molar-refractivity contribution is 0.0990. The van der Waals surface area contributed by atoms with Crippen molar-refractivity contribution in [1.82, 2.24) is 0 Å². The third kappa shape index (κ3) is 2.95. The minimum absolute atomic E-state index is 0.212. The van der Waals surface area contributed by atoms with Gasteiger partial charge in [0.15, 0.2) is 0 Å². The van der Waals surface area contributed by atoms with Crippen molar-refractivity contribution in [2.45, 2.75) is 0 Å². The second kappa shape index (κ2) is 5.97. The van der Waals surface area contributed by atoms with Crippen molar-refractivity contribution < 1.29 is 9.53 Å². The topological polar surface area (TPSA) is 79.3 Å². The molecule has 2 aromatic carbocycles. The first-order valence-electron chi connectivity index (χ1n) is 6.28. The Morgan fingerprint density at radius 1 is 1.24 bits per heavy atom.